The van der Waals surface area contributed by atoms with Gasteiger partial charge >= 0.3 is 0 Å². The molecule has 0 aromatic heterocycles. The van der Waals surface area contributed by atoms with E-state index in [1.165, 1.54) is 0 Å². The molecule has 0 aliphatic carbocycles. The van der Waals surface area contributed by atoms with Crippen molar-refractivity contribution in [3.8, 4) is 0 Å². The van der Waals surface area contributed by atoms with Gasteiger partial charge in [-0.2, -0.15) is 0 Å². The van der Waals surface area contributed by atoms with E-state index < -0.39 is 0 Å². The van der Waals surface area contributed by atoms with Gasteiger partial charge in [-0.1, -0.05) is 0 Å². The fourth-order valence-electron chi connectivity index (χ4n) is 1.08. The van der Waals surface area contributed by atoms with E-state index in [0.29, 0.717) is 6.54 Å². The van der Waals surface area contributed by atoms with E-state index in [1.54, 1.807) is 0 Å². The largest absolute Gasteiger partial charge is 0.369 e. The summed E-state index contributed by atoms with van der Waals surface area (Å²) in [5.41, 5.74) is 5.19. The molecule has 3 N–H and O–H groups in total. The van der Waals surface area contributed by atoms with Gasteiger partial charge < -0.3 is 15.8 Å². The number of amides is 1. The van der Waals surface area contributed by atoms with Crippen LogP contribution in [-0.4, -0.2) is 30.7 Å². The summed E-state index contributed by atoms with van der Waals surface area (Å²) in [6.45, 7) is 8.39. The molecule has 4 nitrogen and oxygen atoms in total. The fraction of sp³-hybridized carbons (Fsp3) is 0.900. The Bertz CT molecular complexity index is 179. The molecule has 0 rings (SSSR count). The monoisotopic (exact) mass is 202 g/mol. The third-order valence-corrected chi connectivity index (χ3v) is 1.79. The van der Waals surface area contributed by atoms with Gasteiger partial charge in [0, 0.05) is 5.54 Å². The first-order valence-corrected chi connectivity index (χ1v) is 5.00. The average Bonchev–Trinajstić information content (AvgIpc) is 1.99. The zero-order valence-electron chi connectivity index (χ0n) is 9.59. The minimum Gasteiger partial charge on any atom is -0.369 e. The summed E-state index contributed by atoms with van der Waals surface area (Å²) < 4.78 is 5.18. The SMILES string of the molecule is CC(C)OCC(=O)NC(C)(C)CCN. The highest BCUT2D eigenvalue weighted by Gasteiger charge is 2.19. The summed E-state index contributed by atoms with van der Waals surface area (Å²) in [6.07, 6.45) is 0.846. The van der Waals surface area contributed by atoms with Crippen molar-refractivity contribution in [3.05, 3.63) is 0 Å². The molecule has 0 aromatic carbocycles. The number of hydrogen-bond acceptors (Lipinski definition) is 3. The van der Waals surface area contributed by atoms with E-state index >= 15 is 0 Å². The molecule has 0 aromatic rings. The lowest BCUT2D eigenvalue weighted by atomic mass is 10.0. The van der Waals surface area contributed by atoms with E-state index in [4.69, 9.17) is 10.5 Å². The molecule has 84 valence electrons. The van der Waals surface area contributed by atoms with Crippen LogP contribution in [0.5, 0.6) is 0 Å². The van der Waals surface area contributed by atoms with Crippen LogP contribution in [0.15, 0.2) is 0 Å². The minimum atomic E-state index is -0.244. The van der Waals surface area contributed by atoms with Crippen LogP contribution in [0.2, 0.25) is 0 Å². The zero-order valence-corrected chi connectivity index (χ0v) is 9.59. The van der Waals surface area contributed by atoms with Crippen molar-refractivity contribution in [3.63, 3.8) is 0 Å². The molecule has 0 saturated heterocycles. The van der Waals surface area contributed by atoms with Crippen molar-refractivity contribution in [1.29, 1.82) is 0 Å². The summed E-state index contributed by atoms with van der Waals surface area (Å²) in [5.74, 6) is -0.0860. The zero-order chi connectivity index (χ0) is 11.2. The maximum absolute atomic E-state index is 11.4. The molecule has 0 aliphatic rings. The van der Waals surface area contributed by atoms with E-state index in [2.05, 4.69) is 5.32 Å². The Hall–Kier alpha value is -0.610. The van der Waals surface area contributed by atoms with Crippen molar-refractivity contribution < 1.29 is 9.53 Å². The smallest absolute Gasteiger partial charge is 0.246 e. The highest BCUT2D eigenvalue weighted by molar-refractivity contribution is 5.77. The van der Waals surface area contributed by atoms with E-state index in [-0.39, 0.29) is 24.2 Å². The number of carbonyl (C=O) groups excluding carboxylic acids is 1. The first-order valence-electron chi connectivity index (χ1n) is 5.00. The molecule has 0 saturated carbocycles. The Labute approximate surface area is 86.2 Å². The maximum atomic E-state index is 11.4. The quantitative estimate of drug-likeness (QED) is 0.665. The van der Waals surface area contributed by atoms with Gasteiger partial charge in [-0.05, 0) is 40.7 Å². The van der Waals surface area contributed by atoms with Crippen molar-refractivity contribution in [1.82, 2.24) is 5.32 Å². The first-order chi connectivity index (χ1) is 6.37. The molecular formula is C10H22N2O2. The van der Waals surface area contributed by atoms with Gasteiger partial charge in [0.2, 0.25) is 5.91 Å². The standard InChI is InChI=1S/C10H22N2O2/c1-8(2)14-7-9(13)12-10(3,4)5-6-11/h8H,5-7,11H2,1-4H3,(H,12,13). The number of nitrogens with one attached hydrogen (secondary N) is 1. The fourth-order valence-corrected chi connectivity index (χ4v) is 1.08. The summed E-state index contributed by atoms with van der Waals surface area (Å²) >= 11 is 0. The van der Waals surface area contributed by atoms with Crippen LogP contribution in [-0.2, 0) is 9.53 Å². The van der Waals surface area contributed by atoms with E-state index in [0.717, 1.165) is 6.42 Å². The maximum Gasteiger partial charge on any atom is 0.246 e. The molecule has 0 aliphatic heterocycles. The van der Waals surface area contributed by atoms with Gasteiger partial charge in [0.15, 0.2) is 0 Å². The molecule has 0 spiro atoms. The lowest BCUT2D eigenvalue weighted by Gasteiger charge is -2.25. The van der Waals surface area contributed by atoms with Gasteiger partial charge in [-0.15, -0.1) is 0 Å². The number of hydrogen-bond donors (Lipinski definition) is 2. The highest BCUT2D eigenvalue weighted by atomic mass is 16.5. The number of nitrogens with two attached hydrogens (primary N) is 1. The van der Waals surface area contributed by atoms with Crippen molar-refractivity contribution >= 4 is 5.91 Å². The van der Waals surface area contributed by atoms with Crippen LogP contribution in [0, 0.1) is 0 Å². The molecule has 0 heterocycles. The Morgan fingerprint density at radius 2 is 2.07 bits per heavy atom. The molecule has 0 unspecified atom stereocenters. The third kappa shape index (κ3) is 6.86. The van der Waals surface area contributed by atoms with Gasteiger partial charge in [0.05, 0.1) is 6.10 Å². The third-order valence-electron chi connectivity index (χ3n) is 1.79. The average molecular weight is 202 g/mol. The molecule has 1 amide bonds. The lowest BCUT2D eigenvalue weighted by molar-refractivity contribution is -0.128. The van der Waals surface area contributed by atoms with Gasteiger partial charge in [-0.25, -0.2) is 0 Å². The molecule has 0 fully saturated rings. The molecule has 0 bridgehead atoms. The number of carbonyl (C=O) groups is 1. The van der Waals surface area contributed by atoms with Crippen LogP contribution in [0.25, 0.3) is 0 Å². The van der Waals surface area contributed by atoms with Crippen LogP contribution < -0.4 is 11.1 Å². The normalized spacial score (nSPS) is 11.9. The van der Waals surface area contributed by atoms with E-state index in [1.807, 2.05) is 27.7 Å². The van der Waals surface area contributed by atoms with Crippen molar-refractivity contribution in [2.75, 3.05) is 13.2 Å². The molecule has 0 radical (unpaired) electrons. The van der Waals surface area contributed by atoms with Crippen molar-refractivity contribution in [2.45, 2.75) is 45.8 Å². The van der Waals surface area contributed by atoms with Crippen LogP contribution in [0.3, 0.4) is 0 Å². The number of rotatable bonds is 6. The van der Waals surface area contributed by atoms with Gasteiger partial charge in [-0.3, -0.25) is 4.79 Å². The first kappa shape index (κ1) is 13.4. The predicted molar refractivity (Wildman–Crippen MR) is 57.0 cm³/mol. The summed E-state index contributed by atoms with van der Waals surface area (Å²) in [4.78, 5) is 11.4. The second-order valence-corrected chi connectivity index (χ2v) is 4.33. The number of ether oxygens (including phenoxy) is 1. The molecule has 14 heavy (non-hydrogen) atoms. The second kappa shape index (κ2) is 5.98. The molecule has 4 heteroatoms. The van der Waals surface area contributed by atoms with E-state index in [9.17, 15) is 4.79 Å². The molecular weight excluding hydrogens is 180 g/mol. The van der Waals surface area contributed by atoms with Crippen molar-refractivity contribution in [2.24, 2.45) is 5.73 Å². The topological polar surface area (TPSA) is 64.3 Å². The minimum absolute atomic E-state index is 0.0818. The van der Waals surface area contributed by atoms with Gasteiger partial charge in [0.25, 0.3) is 0 Å². The second-order valence-electron chi connectivity index (χ2n) is 4.33. The summed E-state index contributed by atoms with van der Waals surface area (Å²) in [6, 6.07) is 0. The highest BCUT2D eigenvalue weighted by Crippen LogP contribution is 2.06. The Morgan fingerprint density at radius 1 is 1.50 bits per heavy atom. The summed E-state index contributed by atoms with van der Waals surface area (Å²) in [5, 5.41) is 2.87. The van der Waals surface area contributed by atoms with Gasteiger partial charge in [0.1, 0.15) is 6.61 Å². The Morgan fingerprint density at radius 3 is 2.50 bits per heavy atom. The van der Waals surface area contributed by atoms with Crippen LogP contribution in [0.4, 0.5) is 0 Å². The van der Waals surface area contributed by atoms with Crippen LogP contribution in [0.1, 0.15) is 34.1 Å². The Kier molecular flexibility index (Phi) is 5.72. The molecule has 0 atom stereocenters. The van der Waals surface area contributed by atoms with Crippen LogP contribution >= 0.6 is 0 Å². The summed E-state index contributed by atoms with van der Waals surface area (Å²) in [7, 11) is 0. The Balaban J connectivity index is 3.81. The predicted octanol–water partition coefficient (Wildman–Crippen LogP) is 0.655. The lowest BCUT2D eigenvalue weighted by Crippen LogP contribution is -2.46.